The fourth-order valence-corrected chi connectivity index (χ4v) is 3.65. The molecule has 0 N–H and O–H groups in total. The summed E-state index contributed by atoms with van der Waals surface area (Å²) in [7, 11) is 0. The van der Waals surface area contributed by atoms with Crippen molar-refractivity contribution in [1.29, 1.82) is 5.26 Å². The highest BCUT2D eigenvalue weighted by atomic mass is 127. The Balaban J connectivity index is 2.14. The van der Waals surface area contributed by atoms with Gasteiger partial charge >= 0.3 is 0 Å². The van der Waals surface area contributed by atoms with Crippen molar-refractivity contribution in [3.8, 4) is 39.7 Å². The van der Waals surface area contributed by atoms with Crippen LogP contribution in [0.4, 0.5) is 0 Å². The molecule has 2 heterocycles. The molecule has 4 rings (SSSR count). The summed E-state index contributed by atoms with van der Waals surface area (Å²) in [6.45, 7) is 0. The molecule has 0 amide bonds. The number of nitrogens with zero attached hydrogens (tertiary/aromatic N) is 4. The lowest BCUT2D eigenvalue weighted by Crippen LogP contribution is -2.02. The molecule has 27 heavy (non-hydrogen) atoms. The van der Waals surface area contributed by atoms with Gasteiger partial charge in [0.2, 0.25) is 0 Å². The maximum atomic E-state index is 9.69. The highest BCUT2D eigenvalue weighted by Crippen LogP contribution is 2.40. The summed E-state index contributed by atoms with van der Waals surface area (Å²) in [5, 5.41) is 18.3. The molecule has 128 valence electrons. The summed E-state index contributed by atoms with van der Waals surface area (Å²) in [5.74, 6) is 0. The van der Waals surface area contributed by atoms with Crippen LogP contribution in [0, 0.1) is 14.9 Å². The molecule has 0 unspecified atom stereocenters. The molecule has 0 fully saturated rings. The Labute approximate surface area is 170 Å². The van der Waals surface area contributed by atoms with Crippen molar-refractivity contribution < 1.29 is 0 Å². The van der Waals surface area contributed by atoms with Crippen LogP contribution in [0.2, 0.25) is 0 Å². The smallest absolute Gasteiger partial charge is 0.173 e. The lowest BCUT2D eigenvalue weighted by molar-refractivity contribution is 1.02. The number of halogens is 1. The number of nitriles is 1. The van der Waals surface area contributed by atoms with Crippen LogP contribution in [0.3, 0.4) is 0 Å². The van der Waals surface area contributed by atoms with Gasteiger partial charge in [-0.2, -0.15) is 5.26 Å². The summed E-state index contributed by atoms with van der Waals surface area (Å²) in [5.41, 5.74) is 5.23. The molecule has 0 aliphatic heterocycles. The second-order valence-corrected chi connectivity index (χ2v) is 6.98. The van der Waals surface area contributed by atoms with Gasteiger partial charge in [0.25, 0.3) is 0 Å². The Hall–Kier alpha value is -3.11. The Morgan fingerprint density at radius 3 is 2.22 bits per heavy atom. The van der Waals surface area contributed by atoms with Crippen LogP contribution in [0.25, 0.3) is 33.6 Å². The van der Waals surface area contributed by atoms with Crippen molar-refractivity contribution in [3.63, 3.8) is 0 Å². The van der Waals surface area contributed by atoms with E-state index in [1.54, 1.807) is 6.20 Å². The van der Waals surface area contributed by atoms with Crippen LogP contribution in [0.5, 0.6) is 0 Å². The first-order valence-corrected chi connectivity index (χ1v) is 9.40. The Morgan fingerprint density at radius 1 is 0.778 bits per heavy atom. The molecule has 0 aliphatic carbocycles. The molecule has 0 atom stereocenters. The van der Waals surface area contributed by atoms with Gasteiger partial charge in [-0.05, 0) is 46.4 Å². The largest absolute Gasteiger partial charge is 0.256 e. The van der Waals surface area contributed by atoms with Gasteiger partial charge in [0.05, 0.1) is 5.69 Å². The van der Waals surface area contributed by atoms with Gasteiger partial charge < -0.3 is 0 Å². The molecule has 0 radical (unpaired) electrons. The monoisotopic (exact) mass is 460 g/mol. The second-order valence-electron chi connectivity index (χ2n) is 5.82. The predicted molar refractivity (Wildman–Crippen MR) is 114 cm³/mol. The normalized spacial score (nSPS) is 10.4. The molecular weight excluding hydrogens is 447 g/mol. The van der Waals surface area contributed by atoms with Gasteiger partial charge in [-0.25, -0.2) is 0 Å². The zero-order chi connectivity index (χ0) is 18.6. The summed E-state index contributed by atoms with van der Waals surface area (Å²) < 4.78 is 1.07. The zero-order valence-electron chi connectivity index (χ0n) is 14.2. The summed E-state index contributed by atoms with van der Waals surface area (Å²) in [4.78, 5) is 4.48. The summed E-state index contributed by atoms with van der Waals surface area (Å²) in [6.07, 6.45) is 1.72. The standard InChI is InChI=1S/C22H13IN4/c23-17-11-5-4-10-16(17)22-20(15-8-2-1-3-9-15)21(19(14-24)26-27-22)18-12-6-7-13-25-18/h1-13H. The molecule has 4 nitrogen and oxygen atoms in total. The van der Waals surface area contributed by atoms with Crippen molar-refractivity contribution >= 4 is 22.6 Å². The van der Waals surface area contributed by atoms with Gasteiger partial charge in [0.15, 0.2) is 5.69 Å². The first-order valence-electron chi connectivity index (χ1n) is 8.32. The number of hydrogen-bond donors (Lipinski definition) is 0. The van der Waals surface area contributed by atoms with Crippen molar-refractivity contribution in [3.05, 3.63) is 88.3 Å². The molecule has 0 saturated heterocycles. The van der Waals surface area contributed by atoms with Crippen LogP contribution in [0.15, 0.2) is 79.0 Å². The summed E-state index contributed by atoms with van der Waals surface area (Å²) >= 11 is 2.30. The van der Waals surface area contributed by atoms with Crippen LogP contribution in [-0.4, -0.2) is 15.2 Å². The minimum absolute atomic E-state index is 0.266. The molecule has 4 aromatic rings. The lowest BCUT2D eigenvalue weighted by atomic mass is 9.92. The van der Waals surface area contributed by atoms with Crippen molar-refractivity contribution in [1.82, 2.24) is 15.2 Å². The highest BCUT2D eigenvalue weighted by molar-refractivity contribution is 14.1. The van der Waals surface area contributed by atoms with Gasteiger partial charge in [-0.15, -0.1) is 10.2 Å². The fraction of sp³-hybridized carbons (Fsp3) is 0. The molecule has 2 aromatic carbocycles. The quantitative estimate of drug-likeness (QED) is 0.387. The van der Waals surface area contributed by atoms with Crippen LogP contribution in [0.1, 0.15) is 5.69 Å². The van der Waals surface area contributed by atoms with E-state index in [0.717, 1.165) is 26.0 Å². The van der Waals surface area contributed by atoms with E-state index in [2.05, 4.69) is 43.8 Å². The van der Waals surface area contributed by atoms with E-state index in [0.29, 0.717) is 11.3 Å². The van der Waals surface area contributed by atoms with Crippen molar-refractivity contribution in [2.75, 3.05) is 0 Å². The van der Waals surface area contributed by atoms with Crippen LogP contribution >= 0.6 is 22.6 Å². The van der Waals surface area contributed by atoms with Crippen LogP contribution in [-0.2, 0) is 0 Å². The van der Waals surface area contributed by atoms with Gasteiger partial charge in [-0.1, -0.05) is 54.6 Å². The molecule has 0 aliphatic rings. The lowest BCUT2D eigenvalue weighted by Gasteiger charge is -2.15. The SMILES string of the molecule is N#Cc1nnc(-c2ccccc2I)c(-c2ccccc2)c1-c1ccccn1. The second kappa shape index (κ2) is 7.64. The molecule has 0 saturated carbocycles. The average molecular weight is 460 g/mol. The number of aromatic nitrogens is 3. The van der Waals surface area contributed by atoms with E-state index >= 15 is 0 Å². The Kier molecular flexibility index (Phi) is 4.90. The first kappa shape index (κ1) is 17.3. The number of pyridine rings is 1. The molecule has 5 heteroatoms. The Morgan fingerprint density at radius 2 is 1.52 bits per heavy atom. The van der Waals surface area contributed by atoms with E-state index in [1.807, 2.05) is 72.8 Å². The highest BCUT2D eigenvalue weighted by Gasteiger charge is 2.22. The number of benzene rings is 2. The molecule has 0 bridgehead atoms. The van der Waals surface area contributed by atoms with E-state index < -0.39 is 0 Å². The van der Waals surface area contributed by atoms with Crippen LogP contribution < -0.4 is 0 Å². The van der Waals surface area contributed by atoms with Gasteiger partial charge in [0.1, 0.15) is 11.8 Å². The first-order chi connectivity index (χ1) is 13.3. The van der Waals surface area contributed by atoms with E-state index in [4.69, 9.17) is 0 Å². The van der Waals surface area contributed by atoms with Crippen molar-refractivity contribution in [2.45, 2.75) is 0 Å². The maximum absolute atomic E-state index is 9.69. The van der Waals surface area contributed by atoms with Gasteiger partial charge in [-0.3, -0.25) is 4.98 Å². The third kappa shape index (κ3) is 3.32. The maximum Gasteiger partial charge on any atom is 0.173 e. The third-order valence-corrected chi connectivity index (χ3v) is 5.13. The number of hydrogen-bond acceptors (Lipinski definition) is 4. The van der Waals surface area contributed by atoms with E-state index in [9.17, 15) is 5.26 Å². The molecule has 2 aromatic heterocycles. The topological polar surface area (TPSA) is 62.5 Å². The van der Waals surface area contributed by atoms with Gasteiger partial charge in [0, 0.05) is 26.5 Å². The fourth-order valence-electron chi connectivity index (χ4n) is 3.00. The third-order valence-electron chi connectivity index (χ3n) is 4.19. The molecule has 0 spiro atoms. The van der Waals surface area contributed by atoms with E-state index in [-0.39, 0.29) is 5.69 Å². The molecular formula is C22H13IN4. The van der Waals surface area contributed by atoms with Crippen molar-refractivity contribution in [2.24, 2.45) is 0 Å². The Bertz CT molecular complexity index is 1140. The number of rotatable bonds is 3. The minimum Gasteiger partial charge on any atom is -0.256 e. The summed E-state index contributed by atoms with van der Waals surface area (Å²) in [6, 6.07) is 25.8. The average Bonchev–Trinajstić information content (AvgIpc) is 2.74. The van der Waals surface area contributed by atoms with E-state index in [1.165, 1.54) is 0 Å². The zero-order valence-corrected chi connectivity index (χ0v) is 16.3. The predicted octanol–water partition coefficient (Wildman–Crippen LogP) is 5.35. The minimum atomic E-state index is 0.266.